The standard InChI is InChI=1S/C15H20N2S/c1-10-6-5-7-13(8-10)9-14(16-4)15-11(2)17-12(3)18-15/h5-8,14,16H,9H2,1-4H3. The van der Waals surface area contributed by atoms with Crippen molar-refractivity contribution in [2.24, 2.45) is 0 Å². The molecular weight excluding hydrogens is 240 g/mol. The van der Waals surface area contributed by atoms with Gasteiger partial charge in [-0.05, 0) is 39.8 Å². The molecule has 96 valence electrons. The maximum Gasteiger partial charge on any atom is 0.0900 e. The van der Waals surface area contributed by atoms with Gasteiger partial charge in [0, 0.05) is 10.9 Å². The van der Waals surface area contributed by atoms with E-state index in [0.717, 1.165) is 17.1 Å². The highest BCUT2D eigenvalue weighted by Crippen LogP contribution is 2.27. The fraction of sp³-hybridized carbons (Fsp3) is 0.400. The zero-order valence-corrected chi connectivity index (χ0v) is 12.3. The second-order valence-electron chi connectivity index (χ2n) is 4.72. The molecule has 0 aliphatic heterocycles. The highest BCUT2D eigenvalue weighted by atomic mass is 32.1. The zero-order chi connectivity index (χ0) is 13.1. The van der Waals surface area contributed by atoms with Crippen LogP contribution in [0.5, 0.6) is 0 Å². The Hall–Kier alpha value is -1.19. The molecule has 18 heavy (non-hydrogen) atoms. The molecule has 2 nitrogen and oxygen atoms in total. The minimum Gasteiger partial charge on any atom is -0.312 e. The number of aryl methyl sites for hydroxylation is 3. The zero-order valence-electron chi connectivity index (χ0n) is 11.4. The Labute approximate surface area is 113 Å². The third-order valence-corrected chi connectivity index (χ3v) is 4.31. The van der Waals surface area contributed by atoms with E-state index in [2.05, 4.69) is 55.3 Å². The van der Waals surface area contributed by atoms with E-state index in [-0.39, 0.29) is 0 Å². The van der Waals surface area contributed by atoms with Crippen LogP contribution in [-0.4, -0.2) is 12.0 Å². The summed E-state index contributed by atoms with van der Waals surface area (Å²) in [5, 5.41) is 4.56. The van der Waals surface area contributed by atoms with Gasteiger partial charge in [0.05, 0.1) is 10.7 Å². The lowest BCUT2D eigenvalue weighted by atomic mass is 10.0. The summed E-state index contributed by atoms with van der Waals surface area (Å²) < 4.78 is 0. The Bertz CT molecular complexity index is 531. The van der Waals surface area contributed by atoms with Crippen LogP contribution in [-0.2, 0) is 6.42 Å². The summed E-state index contributed by atoms with van der Waals surface area (Å²) in [7, 11) is 2.02. The molecule has 2 rings (SSSR count). The van der Waals surface area contributed by atoms with E-state index in [1.165, 1.54) is 16.0 Å². The van der Waals surface area contributed by atoms with E-state index < -0.39 is 0 Å². The van der Waals surface area contributed by atoms with Crippen LogP contribution in [0.4, 0.5) is 0 Å². The molecule has 0 radical (unpaired) electrons. The molecule has 2 aromatic rings. The predicted octanol–water partition coefficient (Wildman–Crippen LogP) is 3.57. The van der Waals surface area contributed by atoms with Crippen molar-refractivity contribution in [1.82, 2.24) is 10.3 Å². The number of nitrogens with zero attached hydrogens (tertiary/aromatic N) is 1. The summed E-state index contributed by atoms with van der Waals surface area (Å²) in [6.45, 7) is 6.31. The average Bonchev–Trinajstić information content (AvgIpc) is 2.65. The van der Waals surface area contributed by atoms with Gasteiger partial charge < -0.3 is 5.32 Å². The highest BCUT2D eigenvalue weighted by Gasteiger charge is 2.16. The molecule has 0 aliphatic carbocycles. The van der Waals surface area contributed by atoms with Crippen LogP contribution >= 0.6 is 11.3 Å². The maximum atomic E-state index is 4.52. The molecule has 0 aliphatic rings. The summed E-state index contributed by atoms with van der Waals surface area (Å²) in [4.78, 5) is 5.88. The summed E-state index contributed by atoms with van der Waals surface area (Å²) >= 11 is 1.80. The van der Waals surface area contributed by atoms with E-state index >= 15 is 0 Å². The molecule has 0 spiro atoms. The van der Waals surface area contributed by atoms with Crippen LogP contribution in [0.25, 0.3) is 0 Å². The van der Waals surface area contributed by atoms with Crippen molar-refractivity contribution >= 4 is 11.3 Å². The second-order valence-corrected chi connectivity index (χ2v) is 5.95. The van der Waals surface area contributed by atoms with Crippen molar-refractivity contribution in [3.8, 4) is 0 Å². The van der Waals surface area contributed by atoms with E-state index in [1.807, 2.05) is 7.05 Å². The van der Waals surface area contributed by atoms with Crippen molar-refractivity contribution in [3.63, 3.8) is 0 Å². The normalized spacial score (nSPS) is 12.7. The van der Waals surface area contributed by atoms with Crippen molar-refractivity contribution in [1.29, 1.82) is 0 Å². The predicted molar refractivity (Wildman–Crippen MR) is 78.3 cm³/mol. The van der Waals surface area contributed by atoms with Gasteiger partial charge in [-0.3, -0.25) is 0 Å². The van der Waals surface area contributed by atoms with Crippen LogP contribution in [0.3, 0.4) is 0 Å². The van der Waals surface area contributed by atoms with Gasteiger partial charge in [0.15, 0.2) is 0 Å². The molecule has 1 heterocycles. The van der Waals surface area contributed by atoms with E-state index in [4.69, 9.17) is 0 Å². The molecule has 0 amide bonds. The fourth-order valence-electron chi connectivity index (χ4n) is 2.27. The second kappa shape index (κ2) is 5.63. The van der Waals surface area contributed by atoms with Gasteiger partial charge in [0.25, 0.3) is 0 Å². The van der Waals surface area contributed by atoms with Gasteiger partial charge in [-0.25, -0.2) is 4.98 Å². The van der Waals surface area contributed by atoms with Crippen LogP contribution < -0.4 is 5.32 Å². The molecule has 1 aromatic carbocycles. The number of aromatic nitrogens is 1. The molecule has 0 saturated carbocycles. The van der Waals surface area contributed by atoms with Crippen molar-refractivity contribution in [2.75, 3.05) is 7.05 Å². The third kappa shape index (κ3) is 2.98. The average molecular weight is 260 g/mol. The Morgan fingerprint density at radius 3 is 2.61 bits per heavy atom. The Morgan fingerprint density at radius 2 is 2.06 bits per heavy atom. The van der Waals surface area contributed by atoms with Gasteiger partial charge in [0.1, 0.15) is 0 Å². The number of likely N-dealkylation sites (N-methyl/N-ethyl adjacent to an activating group) is 1. The van der Waals surface area contributed by atoms with E-state index in [1.54, 1.807) is 11.3 Å². The summed E-state index contributed by atoms with van der Waals surface area (Å²) in [5.74, 6) is 0. The Balaban J connectivity index is 2.22. The van der Waals surface area contributed by atoms with Gasteiger partial charge in [0.2, 0.25) is 0 Å². The van der Waals surface area contributed by atoms with Gasteiger partial charge >= 0.3 is 0 Å². The maximum absolute atomic E-state index is 4.52. The minimum absolute atomic E-state index is 0.359. The molecule has 1 unspecified atom stereocenters. The molecule has 1 N–H and O–H groups in total. The van der Waals surface area contributed by atoms with Crippen LogP contribution in [0.1, 0.15) is 32.7 Å². The highest BCUT2D eigenvalue weighted by molar-refractivity contribution is 7.11. The van der Waals surface area contributed by atoms with Crippen LogP contribution in [0.2, 0.25) is 0 Å². The lowest BCUT2D eigenvalue weighted by Gasteiger charge is -2.15. The molecule has 1 aromatic heterocycles. The van der Waals surface area contributed by atoms with Crippen LogP contribution in [0.15, 0.2) is 24.3 Å². The van der Waals surface area contributed by atoms with Crippen molar-refractivity contribution in [2.45, 2.75) is 33.2 Å². The fourth-order valence-corrected chi connectivity index (χ4v) is 3.31. The summed E-state index contributed by atoms with van der Waals surface area (Å²) in [6, 6.07) is 9.08. The number of hydrogen-bond acceptors (Lipinski definition) is 3. The quantitative estimate of drug-likeness (QED) is 0.909. The van der Waals surface area contributed by atoms with Gasteiger partial charge in [-0.15, -0.1) is 11.3 Å². The number of benzene rings is 1. The first kappa shape index (κ1) is 13.2. The minimum atomic E-state index is 0.359. The molecule has 3 heteroatoms. The Kier molecular flexibility index (Phi) is 4.15. The summed E-state index contributed by atoms with van der Waals surface area (Å²) in [6.07, 6.45) is 1.01. The lowest BCUT2D eigenvalue weighted by Crippen LogP contribution is -2.18. The van der Waals surface area contributed by atoms with E-state index in [0.29, 0.717) is 6.04 Å². The molecule has 0 bridgehead atoms. The molecule has 0 saturated heterocycles. The number of nitrogens with one attached hydrogen (secondary N) is 1. The van der Waals surface area contributed by atoms with Crippen LogP contribution in [0, 0.1) is 20.8 Å². The van der Waals surface area contributed by atoms with Gasteiger partial charge in [-0.2, -0.15) is 0 Å². The smallest absolute Gasteiger partial charge is 0.0900 e. The summed E-state index contributed by atoms with van der Waals surface area (Å²) in [5.41, 5.74) is 3.85. The number of hydrogen-bond donors (Lipinski definition) is 1. The number of rotatable bonds is 4. The van der Waals surface area contributed by atoms with Gasteiger partial charge in [-0.1, -0.05) is 29.8 Å². The SMILES string of the molecule is CNC(Cc1cccc(C)c1)c1sc(C)nc1C. The number of thiazole rings is 1. The lowest BCUT2D eigenvalue weighted by molar-refractivity contribution is 0.597. The molecular formula is C15H20N2S. The Morgan fingerprint density at radius 1 is 1.28 bits per heavy atom. The van der Waals surface area contributed by atoms with Crippen molar-refractivity contribution < 1.29 is 0 Å². The monoisotopic (exact) mass is 260 g/mol. The molecule has 0 fully saturated rings. The first-order valence-electron chi connectivity index (χ1n) is 6.27. The van der Waals surface area contributed by atoms with E-state index in [9.17, 15) is 0 Å². The first-order valence-corrected chi connectivity index (χ1v) is 7.08. The third-order valence-electron chi connectivity index (χ3n) is 3.13. The molecule has 1 atom stereocenters. The first-order chi connectivity index (χ1) is 8.60. The van der Waals surface area contributed by atoms with Crippen molar-refractivity contribution in [3.05, 3.63) is 51.0 Å². The largest absolute Gasteiger partial charge is 0.312 e. The topological polar surface area (TPSA) is 24.9 Å².